The SMILES string of the molecule is CC(C)Cc1ccccc1.[Cl][Ru][Cl]. The van der Waals surface area contributed by atoms with Crippen molar-refractivity contribution >= 4 is 19.4 Å². The zero-order chi connectivity index (χ0) is 10.1. The van der Waals surface area contributed by atoms with E-state index in [-0.39, 0.29) is 15.1 Å². The van der Waals surface area contributed by atoms with Crippen LogP contribution in [0.15, 0.2) is 30.3 Å². The third-order valence-corrected chi connectivity index (χ3v) is 1.49. The van der Waals surface area contributed by atoms with Crippen molar-refractivity contribution in [3.05, 3.63) is 35.9 Å². The zero-order valence-electron chi connectivity index (χ0n) is 7.78. The number of rotatable bonds is 2. The van der Waals surface area contributed by atoms with E-state index in [4.69, 9.17) is 19.4 Å². The second kappa shape index (κ2) is 9.00. The van der Waals surface area contributed by atoms with Crippen molar-refractivity contribution in [3.63, 3.8) is 0 Å². The van der Waals surface area contributed by atoms with Crippen LogP contribution in [0.2, 0.25) is 0 Å². The van der Waals surface area contributed by atoms with E-state index in [1.54, 1.807) is 0 Å². The Hall–Kier alpha value is 0.423. The van der Waals surface area contributed by atoms with Crippen LogP contribution >= 0.6 is 19.4 Å². The van der Waals surface area contributed by atoms with Crippen LogP contribution in [-0.2, 0) is 21.6 Å². The Kier molecular flexibility index (Phi) is 9.29. The van der Waals surface area contributed by atoms with E-state index in [0.717, 1.165) is 5.92 Å². The predicted molar refractivity (Wildman–Crippen MR) is 56.7 cm³/mol. The number of halogens is 2. The Balaban J connectivity index is 0.000000424. The Bertz CT molecular complexity index is 199. The monoisotopic (exact) mass is 306 g/mol. The molecule has 1 aromatic carbocycles. The number of hydrogen-bond donors (Lipinski definition) is 0. The summed E-state index contributed by atoms with van der Waals surface area (Å²) in [7, 11) is 9.71. The van der Waals surface area contributed by atoms with Crippen LogP contribution in [0.25, 0.3) is 0 Å². The summed E-state index contributed by atoms with van der Waals surface area (Å²) >= 11 is -0.346. The molecule has 0 amide bonds. The predicted octanol–water partition coefficient (Wildman–Crippen LogP) is 4.26. The molecule has 0 bridgehead atoms. The van der Waals surface area contributed by atoms with Crippen molar-refractivity contribution in [2.45, 2.75) is 20.3 Å². The van der Waals surface area contributed by atoms with E-state index < -0.39 is 0 Å². The molecule has 0 N–H and O–H groups in total. The molecule has 0 aliphatic carbocycles. The maximum atomic E-state index is 4.85. The van der Waals surface area contributed by atoms with E-state index >= 15 is 0 Å². The van der Waals surface area contributed by atoms with Gasteiger partial charge in [-0.2, -0.15) is 0 Å². The molecule has 1 aromatic rings. The first-order valence-corrected chi connectivity index (χ1v) is 8.57. The molecular formula is C10H14Cl2Ru. The molecule has 0 atom stereocenters. The van der Waals surface area contributed by atoms with Crippen molar-refractivity contribution < 1.29 is 15.1 Å². The van der Waals surface area contributed by atoms with Crippen molar-refractivity contribution in [3.8, 4) is 0 Å². The Morgan fingerprint density at radius 2 is 1.62 bits per heavy atom. The van der Waals surface area contributed by atoms with Gasteiger partial charge in [-0.15, -0.1) is 0 Å². The first-order valence-electron chi connectivity index (χ1n) is 4.09. The van der Waals surface area contributed by atoms with Crippen LogP contribution in [0.3, 0.4) is 0 Å². The molecule has 0 aliphatic rings. The third-order valence-electron chi connectivity index (χ3n) is 1.49. The average Bonchev–Trinajstić information content (AvgIpc) is 2.06. The summed E-state index contributed by atoms with van der Waals surface area (Å²) in [6, 6.07) is 10.6. The molecule has 0 spiro atoms. The van der Waals surface area contributed by atoms with E-state index in [9.17, 15) is 0 Å². The molecule has 1 rings (SSSR count). The second-order valence-corrected chi connectivity index (χ2v) is 5.77. The molecule has 0 nitrogen and oxygen atoms in total. The molecular weight excluding hydrogens is 292 g/mol. The van der Waals surface area contributed by atoms with Gasteiger partial charge in [0.1, 0.15) is 0 Å². The summed E-state index contributed by atoms with van der Waals surface area (Å²) in [5.74, 6) is 0.766. The van der Waals surface area contributed by atoms with E-state index in [0.29, 0.717) is 0 Å². The van der Waals surface area contributed by atoms with Gasteiger partial charge in [-0.1, -0.05) is 44.2 Å². The minimum atomic E-state index is -0.346. The second-order valence-electron chi connectivity index (χ2n) is 3.13. The molecule has 0 saturated carbocycles. The van der Waals surface area contributed by atoms with Gasteiger partial charge in [0, 0.05) is 0 Å². The Morgan fingerprint density at radius 3 is 2.00 bits per heavy atom. The zero-order valence-corrected chi connectivity index (χ0v) is 11.0. The van der Waals surface area contributed by atoms with Crippen LogP contribution in [0, 0.1) is 5.92 Å². The van der Waals surface area contributed by atoms with Gasteiger partial charge in [-0.25, -0.2) is 0 Å². The molecule has 0 heterocycles. The normalized spacial score (nSPS) is 9.62. The van der Waals surface area contributed by atoms with Gasteiger partial charge in [-0.3, -0.25) is 0 Å². The Morgan fingerprint density at radius 1 is 1.15 bits per heavy atom. The molecule has 3 heteroatoms. The van der Waals surface area contributed by atoms with Crippen LogP contribution in [0.4, 0.5) is 0 Å². The summed E-state index contributed by atoms with van der Waals surface area (Å²) < 4.78 is 0. The van der Waals surface area contributed by atoms with Crippen molar-refractivity contribution in [1.82, 2.24) is 0 Å². The molecule has 0 aromatic heterocycles. The summed E-state index contributed by atoms with van der Waals surface area (Å²) in [5.41, 5.74) is 1.44. The maximum absolute atomic E-state index is 4.85. The fourth-order valence-electron chi connectivity index (χ4n) is 1.09. The molecule has 0 fully saturated rings. The average molecular weight is 306 g/mol. The van der Waals surface area contributed by atoms with E-state index in [1.807, 2.05) is 0 Å². The first-order chi connectivity index (χ1) is 6.20. The summed E-state index contributed by atoms with van der Waals surface area (Å²) in [6.07, 6.45) is 1.20. The molecule has 13 heavy (non-hydrogen) atoms. The van der Waals surface area contributed by atoms with Crippen LogP contribution in [0.1, 0.15) is 19.4 Å². The topological polar surface area (TPSA) is 0 Å². The van der Waals surface area contributed by atoms with Gasteiger partial charge < -0.3 is 0 Å². The minimum absolute atomic E-state index is 0.346. The van der Waals surface area contributed by atoms with Crippen LogP contribution in [0.5, 0.6) is 0 Å². The number of hydrogen-bond acceptors (Lipinski definition) is 0. The molecule has 0 aliphatic heterocycles. The van der Waals surface area contributed by atoms with Crippen molar-refractivity contribution in [2.75, 3.05) is 0 Å². The first kappa shape index (κ1) is 13.4. The van der Waals surface area contributed by atoms with Gasteiger partial charge >= 0.3 is 34.5 Å². The van der Waals surface area contributed by atoms with Crippen LogP contribution in [-0.4, -0.2) is 0 Å². The van der Waals surface area contributed by atoms with Crippen molar-refractivity contribution in [1.29, 1.82) is 0 Å². The quantitative estimate of drug-likeness (QED) is 0.716. The third kappa shape index (κ3) is 8.75. The van der Waals surface area contributed by atoms with Gasteiger partial charge in [0.05, 0.1) is 0 Å². The standard InChI is InChI=1S/C10H14.2ClH.Ru/c1-9(2)8-10-6-4-3-5-7-10;;;/h3-7,9H,8H2,1-2H3;2*1H;/q;;;+2/p-2. The summed E-state index contributed by atoms with van der Waals surface area (Å²) in [4.78, 5) is 0. The number of benzene rings is 1. The van der Waals surface area contributed by atoms with Gasteiger partial charge in [0.15, 0.2) is 0 Å². The summed E-state index contributed by atoms with van der Waals surface area (Å²) in [5, 5.41) is 0. The molecule has 76 valence electrons. The Labute approximate surface area is 96.3 Å². The van der Waals surface area contributed by atoms with Crippen molar-refractivity contribution in [2.24, 2.45) is 5.92 Å². The molecule has 0 radical (unpaired) electrons. The van der Waals surface area contributed by atoms with E-state index in [2.05, 4.69) is 44.2 Å². The van der Waals surface area contributed by atoms with Gasteiger partial charge in [0.25, 0.3) is 0 Å². The van der Waals surface area contributed by atoms with E-state index in [1.165, 1.54) is 12.0 Å². The molecule has 0 unspecified atom stereocenters. The fraction of sp³-hybridized carbons (Fsp3) is 0.400. The van der Waals surface area contributed by atoms with Gasteiger partial charge in [-0.05, 0) is 17.9 Å². The fourth-order valence-corrected chi connectivity index (χ4v) is 1.09. The molecule has 0 saturated heterocycles. The summed E-state index contributed by atoms with van der Waals surface area (Å²) in [6.45, 7) is 4.49. The van der Waals surface area contributed by atoms with Gasteiger partial charge in [0.2, 0.25) is 0 Å². The van der Waals surface area contributed by atoms with Crippen LogP contribution < -0.4 is 0 Å².